The highest BCUT2D eigenvalue weighted by molar-refractivity contribution is 5.75. The van der Waals surface area contributed by atoms with Gasteiger partial charge >= 0.3 is 0 Å². The monoisotopic (exact) mass is 260 g/mol. The number of imidazole rings is 1. The molecule has 1 aliphatic rings. The Hall–Kier alpha value is -1.39. The minimum absolute atomic E-state index is 0.244. The molecule has 102 valence electrons. The van der Waals surface area contributed by atoms with Crippen molar-refractivity contribution < 1.29 is 9.84 Å². The molecule has 0 radical (unpaired) electrons. The molecule has 1 saturated heterocycles. The Kier molecular flexibility index (Phi) is 3.53. The van der Waals surface area contributed by atoms with Gasteiger partial charge in [-0.1, -0.05) is 12.1 Å². The number of hydrogen-bond donors (Lipinski definition) is 1. The molecule has 0 spiro atoms. The Morgan fingerprint density at radius 3 is 3.05 bits per heavy atom. The predicted molar refractivity (Wildman–Crippen MR) is 74.0 cm³/mol. The SMILES string of the molecule is Cn1c(CC(O)C2CCCOC2)nc2ccccc21. The Bertz CT molecular complexity index is 558. The topological polar surface area (TPSA) is 47.3 Å². The van der Waals surface area contributed by atoms with Crippen molar-refractivity contribution in [3.05, 3.63) is 30.1 Å². The first-order valence-corrected chi connectivity index (χ1v) is 6.92. The van der Waals surface area contributed by atoms with E-state index in [0.29, 0.717) is 13.0 Å². The lowest BCUT2D eigenvalue weighted by atomic mass is 9.94. The van der Waals surface area contributed by atoms with Crippen molar-refractivity contribution in [1.82, 2.24) is 9.55 Å². The van der Waals surface area contributed by atoms with Crippen LogP contribution in [0.1, 0.15) is 18.7 Å². The molecule has 2 unspecified atom stereocenters. The number of para-hydroxylation sites is 2. The lowest BCUT2D eigenvalue weighted by Crippen LogP contribution is -2.31. The van der Waals surface area contributed by atoms with Crippen LogP contribution in [0.3, 0.4) is 0 Å². The van der Waals surface area contributed by atoms with Gasteiger partial charge in [-0.05, 0) is 25.0 Å². The molecule has 19 heavy (non-hydrogen) atoms. The molecule has 0 bridgehead atoms. The number of ether oxygens (including phenoxy) is 1. The van der Waals surface area contributed by atoms with Crippen LogP contribution < -0.4 is 0 Å². The van der Waals surface area contributed by atoms with Gasteiger partial charge in [0.2, 0.25) is 0 Å². The van der Waals surface area contributed by atoms with Crippen LogP contribution in [0.15, 0.2) is 24.3 Å². The maximum atomic E-state index is 10.3. The smallest absolute Gasteiger partial charge is 0.112 e. The molecule has 4 heteroatoms. The number of fused-ring (bicyclic) bond motifs is 1. The molecule has 1 N–H and O–H groups in total. The van der Waals surface area contributed by atoms with Crippen molar-refractivity contribution in [2.75, 3.05) is 13.2 Å². The lowest BCUT2D eigenvalue weighted by Gasteiger charge is -2.26. The second-order valence-corrected chi connectivity index (χ2v) is 5.32. The van der Waals surface area contributed by atoms with Gasteiger partial charge in [0.25, 0.3) is 0 Å². The summed E-state index contributed by atoms with van der Waals surface area (Å²) in [4.78, 5) is 4.61. The normalized spacial score (nSPS) is 21.7. The number of aryl methyl sites for hydroxylation is 1. The fourth-order valence-corrected chi connectivity index (χ4v) is 2.80. The van der Waals surface area contributed by atoms with Crippen LogP contribution in [0, 0.1) is 5.92 Å². The number of nitrogens with zero attached hydrogens (tertiary/aromatic N) is 2. The predicted octanol–water partition coefficient (Wildman–Crippen LogP) is 1.90. The number of rotatable bonds is 3. The first kappa shape index (κ1) is 12.6. The zero-order chi connectivity index (χ0) is 13.2. The van der Waals surface area contributed by atoms with Crippen LogP contribution in [0.4, 0.5) is 0 Å². The van der Waals surface area contributed by atoms with E-state index in [1.165, 1.54) is 0 Å². The summed E-state index contributed by atoms with van der Waals surface area (Å²) in [6.45, 7) is 1.50. The standard InChI is InChI=1S/C15H20N2O2/c1-17-13-7-3-2-6-12(13)16-15(17)9-14(18)11-5-4-8-19-10-11/h2-3,6-7,11,14,18H,4-5,8-10H2,1H3. The molecule has 4 nitrogen and oxygen atoms in total. The summed E-state index contributed by atoms with van der Waals surface area (Å²) in [5.74, 6) is 1.19. The largest absolute Gasteiger partial charge is 0.392 e. The van der Waals surface area contributed by atoms with E-state index in [9.17, 15) is 5.11 Å². The van der Waals surface area contributed by atoms with Gasteiger partial charge in [0, 0.05) is 26.0 Å². The molecule has 0 aliphatic carbocycles. The van der Waals surface area contributed by atoms with Gasteiger partial charge in [0.15, 0.2) is 0 Å². The van der Waals surface area contributed by atoms with E-state index in [4.69, 9.17) is 4.74 Å². The molecule has 2 aromatic rings. The summed E-state index contributed by atoms with van der Waals surface area (Å²) < 4.78 is 7.51. The minimum Gasteiger partial charge on any atom is -0.392 e. The summed E-state index contributed by atoms with van der Waals surface area (Å²) in [5, 5.41) is 10.3. The van der Waals surface area contributed by atoms with Gasteiger partial charge in [-0.2, -0.15) is 0 Å². The van der Waals surface area contributed by atoms with Crippen LogP contribution in [-0.4, -0.2) is 34.0 Å². The highest BCUT2D eigenvalue weighted by Gasteiger charge is 2.24. The van der Waals surface area contributed by atoms with E-state index >= 15 is 0 Å². The molecule has 1 aromatic heterocycles. The first-order valence-electron chi connectivity index (χ1n) is 6.92. The van der Waals surface area contributed by atoms with Crippen molar-refractivity contribution in [1.29, 1.82) is 0 Å². The Labute approximate surface area is 113 Å². The summed E-state index contributed by atoms with van der Waals surface area (Å²) in [5.41, 5.74) is 2.11. The fourth-order valence-electron chi connectivity index (χ4n) is 2.80. The molecular formula is C15H20N2O2. The van der Waals surface area contributed by atoms with Crippen LogP contribution in [0.25, 0.3) is 11.0 Å². The average molecular weight is 260 g/mol. The zero-order valence-electron chi connectivity index (χ0n) is 11.2. The quantitative estimate of drug-likeness (QED) is 0.917. The van der Waals surface area contributed by atoms with Crippen molar-refractivity contribution >= 4 is 11.0 Å². The lowest BCUT2D eigenvalue weighted by molar-refractivity contribution is -0.00929. The van der Waals surface area contributed by atoms with Crippen LogP contribution in [0.5, 0.6) is 0 Å². The number of aromatic nitrogens is 2. The number of aliphatic hydroxyl groups excluding tert-OH is 1. The Morgan fingerprint density at radius 2 is 2.32 bits per heavy atom. The number of hydrogen-bond acceptors (Lipinski definition) is 3. The Morgan fingerprint density at radius 1 is 1.47 bits per heavy atom. The third-order valence-electron chi connectivity index (χ3n) is 4.01. The zero-order valence-corrected chi connectivity index (χ0v) is 11.2. The van der Waals surface area contributed by atoms with Gasteiger partial charge < -0.3 is 14.4 Å². The van der Waals surface area contributed by atoms with Crippen LogP contribution in [-0.2, 0) is 18.2 Å². The first-order chi connectivity index (χ1) is 9.25. The van der Waals surface area contributed by atoms with E-state index < -0.39 is 0 Å². The highest BCUT2D eigenvalue weighted by Crippen LogP contribution is 2.21. The molecule has 0 amide bonds. The van der Waals surface area contributed by atoms with Crippen LogP contribution >= 0.6 is 0 Å². The van der Waals surface area contributed by atoms with Crippen molar-refractivity contribution in [2.45, 2.75) is 25.4 Å². The van der Waals surface area contributed by atoms with Gasteiger partial charge in [0.05, 0.1) is 23.7 Å². The van der Waals surface area contributed by atoms with Gasteiger partial charge in [-0.25, -0.2) is 4.98 Å². The van der Waals surface area contributed by atoms with Gasteiger partial charge in [-0.15, -0.1) is 0 Å². The molecule has 2 atom stereocenters. The summed E-state index contributed by atoms with van der Waals surface area (Å²) in [6.07, 6.45) is 2.32. The van der Waals surface area contributed by atoms with E-state index in [0.717, 1.165) is 36.3 Å². The van der Waals surface area contributed by atoms with E-state index in [2.05, 4.69) is 15.6 Å². The minimum atomic E-state index is -0.365. The summed E-state index contributed by atoms with van der Waals surface area (Å²) >= 11 is 0. The highest BCUT2D eigenvalue weighted by atomic mass is 16.5. The van der Waals surface area contributed by atoms with Gasteiger partial charge in [-0.3, -0.25) is 0 Å². The van der Waals surface area contributed by atoms with E-state index in [1.807, 2.05) is 25.2 Å². The van der Waals surface area contributed by atoms with Gasteiger partial charge in [0.1, 0.15) is 5.82 Å². The molecule has 1 aliphatic heterocycles. The van der Waals surface area contributed by atoms with Crippen molar-refractivity contribution in [2.24, 2.45) is 13.0 Å². The molecule has 3 rings (SSSR count). The summed E-state index contributed by atoms with van der Waals surface area (Å²) in [7, 11) is 2.01. The van der Waals surface area contributed by atoms with Crippen molar-refractivity contribution in [3.8, 4) is 0 Å². The maximum absolute atomic E-state index is 10.3. The molecule has 2 heterocycles. The second kappa shape index (κ2) is 5.31. The molecule has 1 aromatic carbocycles. The fraction of sp³-hybridized carbons (Fsp3) is 0.533. The van der Waals surface area contributed by atoms with E-state index in [1.54, 1.807) is 0 Å². The number of benzene rings is 1. The maximum Gasteiger partial charge on any atom is 0.112 e. The number of aliphatic hydroxyl groups is 1. The molecule has 1 fully saturated rings. The second-order valence-electron chi connectivity index (χ2n) is 5.32. The van der Waals surface area contributed by atoms with E-state index in [-0.39, 0.29) is 12.0 Å². The molecular weight excluding hydrogens is 240 g/mol. The Balaban J connectivity index is 1.78. The third kappa shape index (κ3) is 2.51. The summed E-state index contributed by atoms with van der Waals surface area (Å²) in [6, 6.07) is 8.07. The third-order valence-corrected chi connectivity index (χ3v) is 4.01. The average Bonchev–Trinajstić information content (AvgIpc) is 2.77. The van der Waals surface area contributed by atoms with Crippen LogP contribution in [0.2, 0.25) is 0 Å². The van der Waals surface area contributed by atoms with Crippen molar-refractivity contribution in [3.63, 3.8) is 0 Å². The molecule has 0 saturated carbocycles.